The molecule has 0 radical (unpaired) electrons. The van der Waals surface area contributed by atoms with Crippen molar-refractivity contribution >= 4 is 85.2 Å². The summed E-state index contributed by atoms with van der Waals surface area (Å²) in [5.41, 5.74) is 27.6. The maximum Gasteiger partial charge on any atom is 0.333 e. The summed E-state index contributed by atoms with van der Waals surface area (Å²) in [6.45, 7) is 42.9. The van der Waals surface area contributed by atoms with Crippen molar-refractivity contribution in [1.29, 1.82) is 0 Å². The Morgan fingerprint density at radius 1 is 0.427 bits per heavy atom. The van der Waals surface area contributed by atoms with Gasteiger partial charge in [-0.2, -0.15) is 0 Å². The van der Waals surface area contributed by atoms with Crippen molar-refractivity contribution in [2.45, 2.75) is 188 Å². The van der Waals surface area contributed by atoms with Gasteiger partial charge in [0.1, 0.15) is 11.2 Å². The van der Waals surface area contributed by atoms with Gasteiger partial charge in [-0.3, -0.25) is 0 Å². The third kappa shape index (κ3) is 8.59. The Labute approximate surface area is 491 Å². The Bertz CT molecular complexity index is 4010. The fraction of sp³-hybridized carbons (Fsp3) is 0.377. The van der Waals surface area contributed by atoms with Gasteiger partial charge in [0.2, 0.25) is 0 Å². The second kappa shape index (κ2) is 18.0. The fourth-order valence-corrected chi connectivity index (χ4v) is 14.6. The van der Waals surface area contributed by atoms with Crippen LogP contribution in [0.1, 0.15) is 188 Å². The molecule has 2 aliphatic heterocycles. The number of furan rings is 1. The van der Waals surface area contributed by atoms with Crippen LogP contribution in [-0.2, 0) is 37.9 Å². The van der Waals surface area contributed by atoms with Gasteiger partial charge in [-0.25, -0.2) is 0 Å². The molecule has 0 fully saturated rings. The topological polar surface area (TPSA) is 22.9 Å². The summed E-state index contributed by atoms with van der Waals surface area (Å²) in [4.78, 5) is 7.93. The van der Waals surface area contributed by atoms with Crippen LogP contribution in [0.4, 0.5) is 45.5 Å². The highest BCUT2D eigenvalue weighted by Crippen LogP contribution is 2.55. The minimum atomic E-state index is -0.190. The lowest BCUT2D eigenvalue weighted by molar-refractivity contribution is 0.332. The molecule has 0 saturated carbocycles. The third-order valence-corrected chi connectivity index (χ3v) is 20.2. The lowest BCUT2D eigenvalue weighted by atomic mass is 9.43. The highest BCUT2D eigenvalue weighted by atomic mass is 16.3. The van der Waals surface area contributed by atoms with Crippen LogP contribution in [0, 0.1) is 6.92 Å². The molecule has 8 aromatic carbocycles. The summed E-state index contributed by atoms with van der Waals surface area (Å²) in [7, 11) is 0. The number of para-hydroxylation sites is 1. The van der Waals surface area contributed by atoms with Gasteiger partial charge in [0.05, 0.1) is 0 Å². The summed E-state index contributed by atoms with van der Waals surface area (Å²) in [6, 6.07) is 57.4. The molecule has 4 aliphatic rings. The lowest BCUT2D eigenvalue weighted by Crippen LogP contribution is -2.61. The van der Waals surface area contributed by atoms with E-state index in [0.717, 1.165) is 51.8 Å². The number of fused-ring (bicyclic) bond motifs is 9. The molecule has 0 bridgehead atoms. The van der Waals surface area contributed by atoms with Crippen molar-refractivity contribution in [1.82, 2.24) is 0 Å². The second-order valence-corrected chi connectivity index (χ2v) is 30.9. The van der Waals surface area contributed by atoms with Crippen molar-refractivity contribution in [3.05, 3.63) is 190 Å². The molecule has 5 heteroatoms. The molecular weight excluding hydrogens is 994 g/mol. The van der Waals surface area contributed by atoms with E-state index in [4.69, 9.17) is 4.42 Å². The SMILES string of the molecule is Cc1cc2c(cc1N1c3cc(N(c4ccc(C(C)(C)C)cc4)c4ccc(C(C)(C)C)cc4)ccc3B3c4c(cc(C(C)(C)C)cc41)-c1cc4c(cc1N3c1ccc3c(c1)C(C)(C)CCC3(C)C)oc1ccccc14)C(C)(C)CCC2(C)C. The Morgan fingerprint density at radius 2 is 0.963 bits per heavy atom. The Kier molecular flexibility index (Phi) is 11.9. The first-order chi connectivity index (χ1) is 38.4. The van der Waals surface area contributed by atoms with E-state index in [1.807, 2.05) is 0 Å². The minimum absolute atomic E-state index is 0.00148. The molecule has 3 heterocycles. The Balaban J connectivity index is 1.16. The van der Waals surface area contributed by atoms with E-state index in [9.17, 15) is 0 Å². The van der Waals surface area contributed by atoms with Gasteiger partial charge < -0.3 is 19.0 Å². The maximum atomic E-state index is 6.90. The zero-order valence-electron chi connectivity index (χ0n) is 52.5. The predicted molar refractivity (Wildman–Crippen MR) is 354 cm³/mol. The molecule has 0 N–H and O–H groups in total. The zero-order chi connectivity index (χ0) is 58.2. The van der Waals surface area contributed by atoms with Gasteiger partial charge in [0, 0.05) is 67.9 Å². The fourth-order valence-electron chi connectivity index (χ4n) is 14.6. The Morgan fingerprint density at radius 3 is 1.55 bits per heavy atom. The molecule has 418 valence electrons. The molecule has 1 aromatic heterocycles. The van der Waals surface area contributed by atoms with Crippen molar-refractivity contribution in [3.8, 4) is 11.1 Å². The smallest absolute Gasteiger partial charge is 0.333 e. The normalized spacial score (nSPS) is 17.5. The lowest BCUT2D eigenvalue weighted by Gasteiger charge is -2.48. The minimum Gasteiger partial charge on any atom is -0.456 e. The first-order valence-corrected chi connectivity index (χ1v) is 30.6. The van der Waals surface area contributed by atoms with Gasteiger partial charge in [-0.05, 0) is 204 Å². The molecule has 0 amide bonds. The van der Waals surface area contributed by atoms with Crippen LogP contribution in [-0.4, -0.2) is 6.85 Å². The average Bonchev–Trinajstić information content (AvgIpc) is 1.85. The second-order valence-electron chi connectivity index (χ2n) is 30.9. The van der Waals surface area contributed by atoms with Crippen LogP contribution < -0.4 is 25.5 Å². The van der Waals surface area contributed by atoms with Crippen LogP contribution in [0.3, 0.4) is 0 Å². The van der Waals surface area contributed by atoms with E-state index in [0.29, 0.717) is 0 Å². The van der Waals surface area contributed by atoms with Crippen LogP contribution in [0.15, 0.2) is 150 Å². The maximum absolute atomic E-state index is 6.90. The van der Waals surface area contributed by atoms with Crippen LogP contribution in [0.25, 0.3) is 33.1 Å². The summed E-state index contributed by atoms with van der Waals surface area (Å²) in [5, 5.41) is 2.29. The molecule has 2 aliphatic carbocycles. The molecule has 0 atom stereocenters. The molecular formula is C77H86BN3O. The van der Waals surface area contributed by atoms with E-state index >= 15 is 0 Å². The molecule has 82 heavy (non-hydrogen) atoms. The van der Waals surface area contributed by atoms with Crippen molar-refractivity contribution in [2.24, 2.45) is 0 Å². The summed E-state index contributed by atoms with van der Waals surface area (Å²) < 4.78 is 6.90. The predicted octanol–water partition coefficient (Wildman–Crippen LogP) is 20.7. The van der Waals surface area contributed by atoms with E-state index in [-0.39, 0.29) is 44.8 Å². The van der Waals surface area contributed by atoms with Crippen molar-refractivity contribution < 1.29 is 4.42 Å². The first kappa shape index (κ1) is 54.3. The number of anilines is 8. The molecule has 9 aromatic rings. The van der Waals surface area contributed by atoms with E-state index in [1.54, 1.807) is 0 Å². The van der Waals surface area contributed by atoms with Gasteiger partial charge in [0.25, 0.3) is 0 Å². The highest BCUT2D eigenvalue weighted by molar-refractivity contribution is 6.93. The van der Waals surface area contributed by atoms with Crippen molar-refractivity contribution in [2.75, 3.05) is 14.6 Å². The van der Waals surface area contributed by atoms with Crippen molar-refractivity contribution in [3.63, 3.8) is 0 Å². The number of hydrogen-bond acceptors (Lipinski definition) is 4. The number of rotatable bonds is 5. The van der Waals surface area contributed by atoms with E-state index in [1.165, 1.54) is 108 Å². The molecule has 0 spiro atoms. The largest absolute Gasteiger partial charge is 0.456 e. The number of benzene rings is 8. The molecule has 13 rings (SSSR count). The molecule has 0 saturated heterocycles. The number of hydrogen-bond donors (Lipinski definition) is 0. The van der Waals surface area contributed by atoms with Crippen LogP contribution >= 0.6 is 0 Å². The van der Waals surface area contributed by atoms with E-state index < -0.39 is 0 Å². The van der Waals surface area contributed by atoms with Gasteiger partial charge in [0.15, 0.2) is 0 Å². The van der Waals surface area contributed by atoms with Crippen LogP contribution in [0.2, 0.25) is 0 Å². The summed E-state index contributed by atoms with van der Waals surface area (Å²) in [6.07, 6.45) is 4.61. The summed E-state index contributed by atoms with van der Waals surface area (Å²) in [5.74, 6) is 0. The quantitative estimate of drug-likeness (QED) is 0.160. The number of nitrogens with zero attached hydrogens (tertiary/aromatic N) is 3. The third-order valence-electron chi connectivity index (χ3n) is 20.2. The summed E-state index contributed by atoms with van der Waals surface area (Å²) >= 11 is 0. The van der Waals surface area contributed by atoms with Gasteiger partial charge in [-0.1, -0.05) is 184 Å². The van der Waals surface area contributed by atoms with Crippen LogP contribution in [0.5, 0.6) is 0 Å². The first-order valence-electron chi connectivity index (χ1n) is 30.6. The standard InChI is InChI=1S/C77H86BN3O/c1-47-39-60-62(77(17,18)38-37-75(60,13)14)45-64(47)80-66-43-53(79(51-27-23-48(24-28-51)71(2,3)4)52-29-25-49(26-30-52)72(5,6)7)32-34-63(66)78-70-58(40-50(41-67(70)80)73(8,9)10)56-44-57-55-21-19-20-22-68(55)82-69(57)46-65(56)81(78)54-31-33-59-61(42-54)76(15,16)36-35-74(59,11)12/h19-34,39-46H,35-38H2,1-18H3. The monoisotopic (exact) mass is 1080 g/mol. The van der Waals surface area contributed by atoms with Gasteiger partial charge in [-0.15, -0.1) is 0 Å². The zero-order valence-corrected chi connectivity index (χ0v) is 52.5. The average molecular weight is 1080 g/mol. The highest BCUT2D eigenvalue weighted by Gasteiger charge is 2.48. The number of aryl methyl sites for hydroxylation is 1. The molecule has 0 unspecified atom stereocenters. The van der Waals surface area contributed by atoms with Gasteiger partial charge >= 0.3 is 6.85 Å². The Hall–Kier alpha value is -6.98. The van der Waals surface area contributed by atoms with E-state index in [2.05, 4.69) is 285 Å². The molecule has 4 nitrogen and oxygen atoms in total.